The standard InChI is InChI=1S/C11H19N/c1-4-10-7-9-3-2-6-12(8-9)11(10)5-1/h9-11H,1-8H2. The van der Waals surface area contributed by atoms with E-state index in [1.165, 1.54) is 45.2 Å². The van der Waals surface area contributed by atoms with Gasteiger partial charge in [0.15, 0.2) is 0 Å². The zero-order valence-electron chi connectivity index (χ0n) is 7.84. The Hall–Kier alpha value is -0.0400. The van der Waals surface area contributed by atoms with Gasteiger partial charge in [-0.05, 0) is 50.5 Å². The van der Waals surface area contributed by atoms with Gasteiger partial charge in [0.25, 0.3) is 0 Å². The lowest BCUT2D eigenvalue weighted by Gasteiger charge is -2.45. The number of nitrogens with zero attached hydrogens (tertiary/aromatic N) is 1. The van der Waals surface area contributed by atoms with Crippen LogP contribution in [0.25, 0.3) is 0 Å². The first-order valence-corrected chi connectivity index (χ1v) is 5.67. The second-order valence-corrected chi connectivity index (χ2v) is 5.00. The van der Waals surface area contributed by atoms with Crippen LogP contribution in [0.3, 0.4) is 0 Å². The lowest BCUT2D eigenvalue weighted by molar-refractivity contribution is 0.0381. The van der Waals surface area contributed by atoms with Crippen molar-refractivity contribution < 1.29 is 0 Å². The Morgan fingerprint density at radius 3 is 3.00 bits per heavy atom. The molecule has 4 unspecified atom stereocenters. The Morgan fingerprint density at radius 1 is 1.00 bits per heavy atom. The molecular formula is C11H19N. The summed E-state index contributed by atoms with van der Waals surface area (Å²) in [5.74, 6) is 2.18. The van der Waals surface area contributed by atoms with E-state index in [1.54, 1.807) is 6.42 Å². The van der Waals surface area contributed by atoms with Gasteiger partial charge in [-0.1, -0.05) is 6.42 Å². The Bertz CT molecular complexity index is 178. The summed E-state index contributed by atoms with van der Waals surface area (Å²) in [4.78, 5) is 2.80. The Balaban J connectivity index is 1.81. The molecule has 1 aliphatic carbocycles. The van der Waals surface area contributed by atoms with Crippen LogP contribution in [0, 0.1) is 11.8 Å². The molecule has 2 aliphatic heterocycles. The summed E-state index contributed by atoms with van der Waals surface area (Å²) >= 11 is 0. The highest BCUT2D eigenvalue weighted by Crippen LogP contribution is 2.42. The Kier molecular flexibility index (Phi) is 1.68. The fourth-order valence-corrected chi connectivity index (χ4v) is 3.79. The van der Waals surface area contributed by atoms with Crippen molar-refractivity contribution in [3.05, 3.63) is 0 Å². The molecule has 1 saturated carbocycles. The minimum absolute atomic E-state index is 1.02. The highest BCUT2D eigenvalue weighted by molar-refractivity contribution is 4.94. The predicted octanol–water partition coefficient (Wildman–Crippen LogP) is 2.27. The number of hydrogen-bond donors (Lipinski definition) is 0. The largest absolute Gasteiger partial charge is 0.300 e. The van der Waals surface area contributed by atoms with Crippen molar-refractivity contribution in [2.45, 2.75) is 44.6 Å². The second kappa shape index (κ2) is 2.73. The summed E-state index contributed by atoms with van der Waals surface area (Å²) < 4.78 is 0. The molecule has 0 amide bonds. The monoisotopic (exact) mass is 165 g/mol. The molecule has 2 heterocycles. The van der Waals surface area contributed by atoms with Crippen LogP contribution in [0.5, 0.6) is 0 Å². The SMILES string of the molecule is C1CC2CC3CCCN(C3)C2C1. The molecule has 0 spiro atoms. The molecule has 68 valence electrons. The van der Waals surface area contributed by atoms with Gasteiger partial charge in [-0.15, -0.1) is 0 Å². The van der Waals surface area contributed by atoms with Crippen molar-refractivity contribution >= 4 is 0 Å². The van der Waals surface area contributed by atoms with Crippen LogP contribution >= 0.6 is 0 Å². The zero-order valence-corrected chi connectivity index (χ0v) is 7.84. The highest BCUT2D eigenvalue weighted by atomic mass is 15.2. The van der Waals surface area contributed by atoms with E-state index >= 15 is 0 Å². The smallest absolute Gasteiger partial charge is 0.0124 e. The van der Waals surface area contributed by atoms with Crippen molar-refractivity contribution in [2.75, 3.05) is 13.1 Å². The fourth-order valence-electron chi connectivity index (χ4n) is 3.79. The molecule has 0 N–H and O–H groups in total. The van der Waals surface area contributed by atoms with Crippen LogP contribution in [0.2, 0.25) is 0 Å². The highest BCUT2D eigenvalue weighted by Gasteiger charge is 2.40. The van der Waals surface area contributed by atoms with Gasteiger partial charge in [0, 0.05) is 12.6 Å². The van der Waals surface area contributed by atoms with Gasteiger partial charge in [0.1, 0.15) is 0 Å². The van der Waals surface area contributed by atoms with Crippen molar-refractivity contribution in [3.8, 4) is 0 Å². The van der Waals surface area contributed by atoms with Gasteiger partial charge in [-0.25, -0.2) is 0 Å². The Morgan fingerprint density at radius 2 is 2.00 bits per heavy atom. The first-order chi connectivity index (χ1) is 5.93. The molecule has 3 fully saturated rings. The van der Waals surface area contributed by atoms with E-state index in [-0.39, 0.29) is 0 Å². The molecule has 0 radical (unpaired) electrons. The van der Waals surface area contributed by atoms with Crippen LogP contribution in [0.15, 0.2) is 0 Å². The van der Waals surface area contributed by atoms with E-state index in [1.807, 2.05) is 0 Å². The summed E-state index contributed by atoms with van der Waals surface area (Å²) in [5.41, 5.74) is 0. The van der Waals surface area contributed by atoms with E-state index in [2.05, 4.69) is 4.90 Å². The summed E-state index contributed by atoms with van der Waals surface area (Å²) in [6.07, 6.45) is 9.14. The molecule has 12 heavy (non-hydrogen) atoms. The molecule has 3 aliphatic rings. The van der Waals surface area contributed by atoms with Crippen molar-refractivity contribution in [1.82, 2.24) is 4.90 Å². The van der Waals surface area contributed by atoms with Gasteiger partial charge < -0.3 is 0 Å². The van der Waals surface area contributed by atoms with E-state index in [0.29, 0.717) is 0 Å². The van der Waals surface area contributed by atoms with E-state index in [0.717, 1.165) is 17.9 Å². The summed E-state index contributed by atoms with van der Waals surface area (Å²) in [7, 11) is 0. The van der Waals surface area contributed by atoms with Crippen LogP contribution in [-0.4, -0.2) is 24.0 Å². The third-order valence-electron chi connectivity index (χ3n) is 4.27. The van der Waals surface area contributed by atoms with Gasteiger partial charge in [-0.3, -0.25) is 4.90 Å². The molecule has 2 saturated heterocycles. The average Bonchev–Trinajstić information content (AvgIpc) is 2.53. The van der Waals surface area contributed by atoms with Gasteiger partial charge in [-0.2, -0.15) is 0 Å². The van der Waals surface area contributed by atoms with Gasteiger partial charge in [0.05, 0.1) is 0 Å². The fraction of sp³-hybridized carbons (Fsp3) is 1.00. The molecular weight excluding hydrogens is 146 g/mol. The lowest BCUT2D eigenvalue weighted by atomic mass is 9.80. The normalized spacial score (nSPS) is 52.0. The summed E-state index contributed by atoms with van der Waals surface area (Å²) in [5, 5.41) is 0. The molecule has 0 aromatic rings. The van der Waals surface area contributed by atoms with Crippen molar-refractivity contribution in [2.24, 2.45) is 11.8 Å². The molecule has 2 bridgehead atoms. The summed E-state index contributed by atoms with van der Waals surface area (Å²) in [6.45, 7) is 2.86. The van der Waals surface area contributed by atoms with Crippen LogP contribution in [0.1, 0.15) is 38.5 Å². The molecule has 3 rings (SSSR count). The van der Waals surface area contributed by atoms with Crippen LogP contribution < -0.4 is 0 Å². The summed E-state index contributed by atoms with van der Waals surface area (Å²) in [6, 6.07) is 1.02. The topological polar surface area (TPSA) is 3.24 Å². The average molecular weight is 165 g/mol. The minimum Gasteiger partial charge on any atom is -0.300 e. The van der Waals surface area contributed by atoms with Crippen molar-refractivity contribution in [3.63, 3.8) is 0 Å². The van der Waals surface area contributed by atoms with Crippen LogP contribution in [0.4, 0.5) is 0 Å². The first-order valence-electron chi connectivity index (χ1n) is 5.67. The molecule has 0 aromatic carbocycles. The molecule has 0 aromatic heterocycles. The third-order valence-corrected chi connectivity index (χ3v) is 4.27. The molecule has 1 nitrogen and oxygen atoms in total. The quantitative estimate of drug-likeness (QED) is 0.532. The Labute approximate surface area is 75.1 Å². The lowest BCUT2D eigenvalue weighted by Crippen LogP contribution is -2.49. The number of piperidine rings is 2. The van der Waals surface area contributed by atoms with E-state index < -0.39 is 0 Å². The van der Waals surface area contributed by atoms with Gasteiger partial charge in [0.2, 0.25) is 0 Å². The molecule has 4 atom stereocenters. The van der Waals surface area contributed by atoms with E-state index in [9.17, 15) is 0 Å². The first kappa shape index (κ1) is 7.37. The third kappa shape index (κ3) is 1.02. The second-order valence-electron chi connectivity index (χ2n) is 5.00. The number of rotatable bonds is 0. The van der Waals surface area contributed by atoms with Crippen LogP contribution in [-0.2, 0) is 0 Å². The maximum absolute atomic E-state index is 2.80. The van der Waals surface area contributed by atoms with E-state index in [4.69, 9.17) is 0 Å². The van der Waals surface area contributed by atoms with Crippen molar-refractivity contribution in [1.29, 1.82) is 0 Å². The molecule has 1 heteroatoms. The number of hydrogen-bond acceptors (Lipinski definition) is 1. The minimum atomic E-state index is 1.02. The number of fused-ring (bicyclic) bond motifs is 4. The maximum Gasteiger partial charge on any atom is 0.0124 e. The zero-order chi connectivity index (χ0) is 7.97. The maximum atomic E-state index is 2.80. The predicted molar refractivity (Wildman–Crippen MR) is 50.0 cm³/mol. The van der Waals surface area contributed by atoms with Gasteiger partial charge >= 0.3 is 0 Å².